The standard InChI is InChI=1S/C53H83N5O10/c1-15-36(7)48(45(65-12)33-46(60)58-29-20-23-43(58)49(66-13)37(8)50(61)54-42(52(63)67-14)31-39-21-18-17-19-22-39)57(11)51(62)41(34(3)4)32-44(59)47(35(5)6)55(9)30-28-38-24-26-40(27-25-38)56(10)53(64)68-16-2/h17-19,21-22,24-27,34-37,41-43,45,47-49H,15-16,20,23,28-33H2,1-14H3,(H,54,61)/t36-,37+,41-,42-,43-,45+,47-,48-,49+/m0/s1. The van der Waals surface area contributed by atoms with E-state index in [0.29, 0.717) is 45.4 Å². The van der Waals surface area contributed by atoms with Gasteiger partial charge in [-0.25, -0.2) is 9.59 Å². The van der Waals surface area contributed by atoms with Gasteiger partial charge in [-0.1, -0.05) is 97.4 Å². The van der Waals surface area contributed by atoms with E-state index in [0.717, 1.165) is 16.8 Å². The lowest BCUT2D eigenvalue weighted by Crippen LogP contribution is -2.55. The molecule has 1 saturated heterocycles. The van der Waals surface area contributed by atoms with Crippen LogP contribution in [0.5, 0.6) is 0 Å². The number of Topliss-reactive ketones (excluding diaryl/α,β-unsaturated/α-hetero) is 1. The van der Waals surface area contributed by atoms with Crippen molar-refractivity contribution in [2.24, 2.45) is 29.6 Å². The van der Waals surface area contributed by atoms with Crippen LogP contribution < -0.4 is 10.2 Å². The molecule has 15 heteroatoms. The first-order valence-electron chi connectivity index (χ1n) is 24.5. The average molecular weight is 950 g/mol. The molecule has 9 atom stereocenters. The van der Waals surface area contributed by atoms with Gasteiger partial charge in [-0.05, 0) is 74.2 Å². The molecule has 0 spiro atoms. The van der Waals surface area contributed by atoms with Crippen molar-refractivity contribution in [2.45, 2.75) is 137 Å². The number of anilines is 1. The van der Waals surface area contributed by atoms with E-state index in [2.05, 4.69) is 17.1 Å². The molecule has 0 unspecified atom stereocenters. The van der Waals surface area contributed by atoms with E-state index in [1.54, 1.807) is 44.9 Å². The summed E-state index contributed by atoms with van der Waals surface area (Å²) in [6.45, 7) is 17.0. The highest BCUT2D eigenvalue weighted by molar-refractivity contribution is 5.90. The van der Waals surface area contributed by atoms with Crippen molar-refractivity contribution in [3.63, 3.8) is 0 Å². The molecule has 68 heavy (non-hydrogen) atoms. The topological polar surface area (TPSA) is 164 Å². The number of esters is 1. The lowest BCUT2D eigenvalue weighted by atomic mass is 9.83. The Morgan fingerprint density at radius 3 is 2.00 bits per heavy atom. The molecule has 1 N–H and O–H groups in total. The molecule has 1 fully saturated rings. The molecule has 1 aliphatic heterocycles. The normalized spacial score (nSPS) is 17.4. The quantitative estimate of drug-likeness (QED) is 0.0934. The van der Waals surface area contributed by atoms with E-state index in [1.165, 1.54) is 19.1 Å². The third-order valence-electron chi connectivity index (χ3n) is 13.9. The number of hydrogen-bond donors (Lipinski definition) is 1. The number of carbonyl (C=O) groups is 6. The number of methoxy groups -OCH3 is 3. The lowest BCUT2D eigenvalue weighted by molar-refractivity contribution is -0.150. The summed E-state index contributed by atoms with van der Waals surface area (Å²) in [5.41, 5.74) is 2.66. The largest absolute Gasteiger partial charge is 0.467 e. The number of ketones is 1. The average Bonchev–Trinajstić information content (AvgIpc) is 3.81. The fraction of sp³-hybridized carbons (Fsp3) is 0.660. The maximum absolute atomic E-state index is 14.7. The van der Waals surface area contributed by atoms with Gasteiger partial charge in [0.05, 0.1) is 56.4 Å². The number of hydrogen-bond acceptors (Lipinski definition) is 11. The summed E-state index contributed by atoms with van der Waals surface area (Å²) in [5.74, 6) is -2.80. The number of amides is 4. The van der Waals surface area contributed by atoms with Gasteiger partial charge >= 0.3 is 12.1 Å². The van der Waals surface area contributed by atoms with E-state index in [4.69, 9.17) is 18.9 Å². The summed E-state index contributed by atoms with van der Waals surface area (Å²) in [6, 6.07) is 14.9. The number of nitrogens with one attached hydrogen (secondary N) is 1. The Kier molecular flexibility index (Phi) is 23.6. The van der Waals surface area contributed by atoms with Crippen molar-refractivity contribution in [3.05, 3.63) is 65.7 Å². The predicted octanol–water partition coefficient (Wildman–Crippen LogP) is 6.83. The van der Waals surface area contributed by atoms with Crippen LogP contribution in [0, 0.1) is 29.6 Å². The van der Waals surface area contributed by atoms with Crippen LogP contribution in [0.25, 0.3) is 0 Å². The number of carbonyl (C=O) groups excluding carboxylic acids is 6. The second kappa shape index (κ2) is 28.0. The smallest absolute Gasteiger partial charge is 0.413 e. The molecule has 1 aliphatic rings. The predicted molar refractivity (Wildman–Crippen MR) is 265 cm³/mol. The van der Waals surface area contributed by atoms with Gasteiger partial charge in [0.2, 0.25) is 17.7 Å². The minimum absolute atomic E-state index is 0.000567. The van der Waals surface area contributed by atoms with Gasteiger partial charge in [-0.2, -0.15) is 0 Å². The summed E-state index contributed by atoms with van der Waals surface area (Å²) < 4.78 is 22.2. The van der Waals surface area contributed by atoms with E-state index in [9.17, 15) is 28.8 Å². The van der Waals surface area contributed by atoms with Crippen LogP contribution in [-0.4, -0.2) is 149 Å². The number of benzene rings is 2. The Morgan fingerprint density at radius 1 is 0.809 bits per heavy atom. The summed E-state index contributed by atoms with van der Waals surface area (Å²) in [4.78, 5) is 89.3. The molecule has 0 radical (unpaired) electrons. The first-order chi connectivity index (χ1) is 32.3. The Bertz CT molecular complexity index is 1910. The molecule has 0 aromatic heterocycles. The van der Waals surface area contributed by atoms with E-state index >= 15 is 0 Å². The van der Waals surface area contributed by atoms with Gasteiger partial charge < -0.3 is 34.1 Å². The van der Waals surface area contributed by atoms with Gasteiger partial charge in [0, 0.05) is 65.9 Å². The zero-order chi connectivity index (χ0) is 50.8. The second-order valence-corrected chi connectivity index (χ2v) is 19.2. The molecule has 2 aromatic rings. The molecule has 2 aromatic carbocycles. The highest BCUT2D eigenvalue weighted by Crippen LogP contribution is 2.31. The first-order valence-corrected chi connectivity index (χ1v) is 24.5. The lowest BCUT2D eigenvalue weighted by Gasteiger charge is -2.41. The summed E-state index contributed by atoms with van der Waals surface area (Å²) in [6.07, 6.45) is 1.32. The van der Waals surface area contributed by atoms with Crippen LogP contribution >= 0.6 is 0 Å². The monoisotopic (exact) mass is 950 g/mol. The molecule has 4 amide bonds. The van der Waals surface area contributed by atoms with Crippen molar-refractivity contribution >= 4 is 41.3 Å². The van der Waals surface area contributed by atoms with Crippen molar-refractivity contribution in [1.29, 1.82) is 0 Å². The number of nitrogens with zero attached hydrogens (tertiary/aromatic N) is 4. The van der Waals surface area contributed by atoms with Crippen LogP contribution in [0.1, 0.15) is 98.6 Å². The van der Waals surface area contributed by atoms with E-state index in [1.807, 2.05) is 96.3 Å². The summed E-state index contributed by atoms with van der Waals surface area (Å²) in [5, 5.41) is 2.87. The third kappa shape index (κ3) is 15.6. The van der Waals surface area contributed by atoms with Gasteiger partial charge in [0.25, 0.3) is 0 Å². The zero-order valence-electron chi connectivity index (χ0n) is 43.5. The van der Waals surface area contributed by atoms with Crippen LogP contribution in [0.3, 0.4) is 0 Å². The van der Waals surface area contributed by atoms with Crippen LogP contribution in [-0.2, 0) is 55.8 Å². The Balaban J connectivity index is 1.75. The molecule has 1 heterocycles. The maximum atomic E-state index is 14.7. The number of rotatable bonds is 27. The van der Waals surface area contributed by atoms with Gasteiger partial charge in [0.15, 0.2) is 5.78 Å². The molecule has 380 valence electrons. The fourth-order valence-corrected chi connectivity index (χ4v) is 9.78. The minimum Gasteiger partial charge on any atom is -0.467 e. The second-order valence-electron chi connectivity index (χ2n) is 19.2. The highest BCUT2D eigenvalue weighted by atomic mass is 16.6. The number of ether oxygens (including phenoxy) is 4. The third-order valence-corrected chi connectivity index (χ3v) is 13.9. The molecule has 0 saturated carbocycles. The van der Waals surface area contributed by atoms with Gasteiger partial charge in [0.1, 0.15) is 6.04 Å². The van der Waals surface area contributed by atoms with E-state index < -0.39 is 60.3 Å². The van der Waals surface area contributed by atoms with Crippen molar-refractivity contribution in [3.8, 4) is 0 Å². The zero-order valence-corrected chi connectivity index (χ0v) is 43.5. The SMILES string of the molecule is CCOC(=O)N(C)c1ccc(CCN(C)[C@H](C(=O)C[C@H](C(=O)N(C)[C@@H]([C@@H](C)CC)[C@@H](CC(=O)N2CCC[C@H]2[C@H](OC)[C@@H](C)C(=O)N[C@@H](Cc2ccccc2)C(=O)OC)OC)C(C)C)C(C)C)cc1. The van der Waals surface area contributed by atoms with Crippen molar-refractivity contribution in [1.82, 2.24) is 20.0 Å². The number of likely N-dealkylation sites (tertiary alicyclic amines) is 1. The fourth-order valence-electron chi connectivity index (χ4n) is 9.78. The molecular weight excluding hydrogens is 867 g/mol. The molecule has 3 rings (SSSR count). The molecule has 15 nitrogen and oxygen atoms in total. The van der Waals surface area contributed by atoms with Crippen molar-refractivity contribution < 1.29 is 47.7 Å². The first kappa shape index (κ1) is 57.5. The highest BCUT2D eigenvalue weighted by Gasteiger charge is 2.44. The van der Waals surface area contributed by atoms with Crippen LogP contribution in [0.15, 0.2) is 54.6 Å². The van der Waals surface area contributed by atoms with Gasteiger partial charge in [-0.15, -0.1) is 0 Å². The van der Waals surface area contributed by atoms with Crippen molar-refractivity contribution in [2.75, 3.05) is 67.1 Å². The molecule has 0 bridgehead atoms. The van der Waals surface area contributed by atoms with E-state index in [-0.39, 0.29) is 60.5 Å². The van der Waals surface area contributed by atoms with Crippen LogP contribution in [0.4, 0.5) is 10.5 Å². The Morgan fingerprint density at radius 2 is 1.46 bits per heavy atom. The van der Waals surface area contributed by atoms with Crippen LogP contribution in [0.2, 0.25) is 0 Å². The van der Waals surface area contributed by atoms with Gasteiger partial charge in [-0.3, -0.25) is 29.0 Å². The molecular formula is C53H83N5O10. The number of likely N-dealkylation sites (N-methyl/N-ethyl adjacent to an activating group) is 2. The minimum atomic E-state index is -0.905. The maximum Gasteiger partial charge on any atom is 0.413 e. The Hall–Kier alpha value is -4.86. The summed E-state index contributed by atoms with van der Waals surface area (Å²) in [7, 11) is 9.76. The summed E-state index contributed by atoms with van der Waals surface area (Å²) >= 11 is 0. The molecule has 0 aliphatic carbocycles. The Labute approximate surface area is 406 Å².